The Hall–Kier alpha value is -5.29. The van der Waals surface area contributed by atoms with Crippen molar-refractivity contribution in [1.29, 1.82) is 0 Å². The van der Waals surface area contributed by atoms with Crippen molar-refractivity contribution in [3.8, 4) is 11.5 Å². The molecule has 0 saturated carbocycles. The summed E-state index contributed by atoms with van der Waals surface area (Å²) in [6.45, 7) is 5.12. The van der Waals surface area contributed by atoms with E-state index in [0.29, 0.717) is 22.1 Å². The number of benzene rings is 3. The van der Waals surface area contributed by atoms with Gasteiger partial charge in [0.15, 0.2) is 17.3 Å². The van der Waals surface area contributed by atoms with Crippen LogP contribution in [0.15, 0.2) is 84.9 Å². The first-order valence-corrected chi connectivity index (χ1v) is 15.4. The fraction of sp³-hybridized carbons (Fsp3) is 0.306. The molecule has 0 aliphatic carbocycles. The van der Waals surface area contributed by atoms with Crippen LogP contribution in [0.2, 0.25) is 0 Å². The van der Waals surface area contributed by atoms with Gasteiger partial charge in [-0.25, -0.2) is 0 Å². The minimum absolute atomic E-state index is 0.0191. The molecule has 1 saturated heterocycles. The van der Waals surface area contributed by atoms with Gasteiger partial charge < -0.3 is 20.1 Å². The molecule has 1 fully saturated rings. The van der Waals surface area contributed by atoms with Crippen LogP contribution in [0.4, 0.5) is 0 Å². The molecule has 4 amide bonds. The minimum Gasteiger partial charge on any atom is -0.454 e. The van der Waals surface area contributed by atoms with Gasteiger partial charge in [0.1, 0.15) is 12.5 Å². The molecular weight excluding hydrogens is 602 g/mol. The fourth-order valence-corrected chi connectivity index (χ4v) is 5.51. The zero-order chi connectivity index (χ0) is 33.5. The van der Waals surface area contributed by atoms with Crippen LogP contribution in [0.5, 0.6) is 11.5 Å². The lowest BCUT2D eigenvalue weighted by molar-refractivity contribution is -0.193. The van der Waals surface area contributed by atoms with Gasteiger partial charge in [0, 0.05) is 6.08 Å². The second-order valence-electron chi connectivity index (χ2n) is 11.8. The van der Waals surface area contributed by atoms with Gasteiger partial charge >= 0.3 is 0 Å². The zero-order valence-electron chi connectivity index (χ0n) is 26.4. The monoisotopic (exact) mass is 639 g/mol. The Bertz CT molecular complexity index is 1660. The summed E-state index contributed by atoms with van der Waals surface area (Å²) >= 11 is 0. The number of fused-ring (bicyclic) bond motifs is 1. The maximum absolute atomic E-state index is 13.8. The summed E-state index contributed by atoms with van der Waals surface area (Å²) in [5.74, 6) is -4.32. The highest BCUT2D eigenvalue weighted by atomic mass is 16.7. The molecule has 11 nitrogen and oxygen atoms in total. The average molecular weight is 640 g/mol. The standard InChI is InChI=1S/C36H37N3O8/c1-22(2)33(34(42)32-23(3)35(43)39(36(32)44)47-20-25-10-6-4-7-11-25)38-31(41)19-27(26-12-8-5-9-13-26)37-30(40)17-15-24-14-16-28-29(18-24)46-21-45-28/h4-18,22-23,27,32-33H,19-21H2,1-3H3,(H,37,40)(H,38,41)/b17-15+/t23-,27-,32+,33-/m0/s1. The van der Waals surface area contributed by atoms with Crippen LogP contribution in [0, 0.1) is 17.8 Å². The zero-order valence-corrected chi connectivity index (χ0v) is 26.4. The Balaban J connectivity index is 1.24. The van der Waals surface area contributed by atoms with Crippen molar-refractivity contribution in [3.63, 3.8) is 0 Å². The number of carbonyl (C=O) groups excluding carboxylic acids is 5. The van der Waals surface area contributed by atoms with Gasteiger partial charge in [-0.3, -0.25) is 28.8 Å². The van der Waals surface area contributed by atoms with Gasteiger partial charge in [0.2, 0.25) is 18.6 Å². The van der Waals surface area contributed by atoms with Crippen LogP contribution in [-0.4, -0.2) is 47.3 Å². The Morgan fingerprint density at radius 2 is 1.60 bits per heavy atom. The largest absolute Gasteiger partial charge is 0.454 e. The van der Waals surface area contributed by atoms with E-state index in [1.165, 1.54) is 13.0 Å². The van der Waals surface area contributed by atoms with Crippen LogP contribution in [0.3, 0.4) is 0 Å². The minimum atomic E-state index is -1.31. The summed E-state index contributed by atoms with van der Waals surface area (Å²) in [5.41, 5.74) is 2.18. The van der Waals surface area contributed by atoms with Crippen molar-refractivity contribution in [2.45, 2.75) is 45.9 Å². The molecule has 47 heavy (non-hydrogen) atoms. The van der Waals surface area contributed by atoms with Crippen molar-refractivity contribution in [1.82, 2.24) is 15.7 Å². The number of amides is 4. The number of hydroxylamine groups is 2. The molecule has 0 aromatic heterocycles. The molecule has 11 heteroatoms. The molecule has 0 bridgehead atoms. The summed E-state index contributed by atoms with van der Waals surface area (Å²) in [5, 5.41) is 6.31. The molecule has 2 heterocycles. The Morgan fingerprint density at radius 1 is 0.915 bits per heavy atom. The molecule has 5 rings (SSSR count). The molecule has 4 atom stereocenters. The van der Waals surface area contributed by atoms with Crippen molar-refractivity contribution < 1.29 is 38.3 Å². The lowest BCUT2D eigenvalue weighted by atomic mass is 9.85. The molecule has 0 spiro atoms. The summed E-state index contributed by atoms with van der Waals surface area (Å²) in [7, 11) is 0. The lowest BCUT2D eigenvalue weighted by Gasteiger charge is -2.26. The number of ether oxygens (including phenoxy) is 2. The van der Waals surface area contributed by atoms with Crippen molar-refractivity contribution in [2.24, 2.45) is 17.8 Å². The molecule has 0 radical (unpaired) electrons. The smallest absolute Gasteiger partial charge is 0.264 e. The summed E-state index contributed by atoms with van der Waals surface area (Å²) in [6, 6.07) is 21.6. The Morgan fingerprint density at radius 3 is 2.30 bits per heavy atom. The van der Waals surface area contributed by atoms with E-state index in [1.54, 1.807) is 74.5 Å². The van der Waals surface area contributed by atoms with Crippen LogP contribution in [-0.2, 0) is 35.4 Å². The highest BCUT2D eigenvalue weighted by Crippen LogP contribution is 2.33. The lowest BCUT2D eigenvalue weighted by Crippen LogP contribution is -2.49. The van der Waals surface area contributed by atoms with Gasteiger partial charge in [-0.05, 0) is 40.8 Å². The molecule has 2 aliphatic rings. The van der Waals surface area contributed by atoms with Crippen molar-refractivity contribution in [2.75, 3.05) is 6.79 Å². The first kappa shape index (κ1) is 33.1. The average Bonchev–Trinajstić information content (AvgIpc) is 3.62. The molecule has 2 N–H and O–H groups in total. The fourth-order valence-electron chi connectivity index (χ4n) is 5.51. The quantitative estimate of drug-likeness (QED) is 0.162. The number of hydrogen-bond donors (Lipinski definition) is 2. The number of ketones is 1. The van der Waals surface area contributed by atoms with E-state index in [2.05, 4.69) is 10.6 Å². The molecular formula is C36H37N3O8. The number of Topliss-reactive ketones (excluding diaryl/α,β-unsaturated/α-hetero) is 1. The highest BCUT2D eigenvalue weighted by Gasteiger charge is 2.52. The molecule has 244 valence electrons. The van der Waals surface area contributed by atoms with E-state index in [1.807, 2.05) is 24.3 Å². The van der Waals surface area contributed by atoms with Gasteiger partial charge in [-0.15, -0.1) is 0 Å². The number of rotatable bonds is 13. The third-order valence-corrected chi connectivity index (χ3v) is 8.09. The number of nitrogens with one attached hydrogen (secondary N) is 2. The van der Waals surface area contributed by atoms with Gasteiger partial charge in [-0.2, -0.15) is 5.06 Å². The van der Waals surface area contributed by atoms with E-state index in [4.69, 9.17) is 14.3 Å². The maximum atomic E-state index is 13.8. The second-order valence-corrected chi connectivity index (χ2v) is 11.8. The Kier molecular flexibility index (Phi) is 10.5. The Labute approximate surface area is 272 Å². The van der Waals surface area contributed by atoms with E-state index in [9.17, 15) is 24.0 Å². The number of hydrogen-bond acceptors (Lipinski definition) is 8. The second kappa shape index (κ2) is 14.9. The van der Waals surface area contributed by atoms with Crippen molar-refractivity contribution >= 4 is 35.5 Å². The molecule has 0 unspecified atom stereocenters. The van der Waals surface area contributed by atoms with Gasteiger partial charge in [0.25, 0.3) is 11.8 Å². The normalized spacial score (nSPS) is 18.4. The summed E-state index contributed by atoms with van der Waals surface area (Å²) in [6.07, 6.45) is 2.81. The van der Waals surface area contributed by atoms with E-state index in [-0.39, 0.29) is 19.8 Å². The van der Waals surface area contributed by atoms with Crippen molar-refractivity contribution in [3.05, 3.63) is 102 Å². The van der Waals surface area contributed by atoms with E-state index < -0.39 is 59.2 Å². The predicted molar refractivity (Wildman–Crippen MR) is 171 cm³/mol. The summed E-state index contributed by atoms with van der Waals surface area (Å²) in [4.78, 5) is 71.9. The number of nitrogens with zero attached hydrogens (tertiary/aromatic N) is 1. The van der Waals surface area contributed by atoms with Gasteiger partial charge in [-0.1, -0.05) is 87.5 Å². The van der Waals surface area contributed by atoms with Crippen LogP contribution >= 0.6 is 0 Å². The SMILES string of the molecule is CC(C)[C@H](NC(=O)C[C@H](NC(=O)/C=C/c1ccc2c(c1)OCO2)c1ccccc1)C(=O)[C@@H]1C(=O)N(OCc2ccccc2)C(=O)[C@H]1C. The number of imide groups is 1. The van der Waals surface area contributed by atoms with Crippen LogP contribution < -0.4 is 20.1 Å². The highest BCUT2D eigenvalue weighted by molar-refractivity contribution is 6.16. The summed E-state index contributed by atoms with van der Waals surface area (Å²) < 4.78 is 10.7. The van der Waals surface area contributed by atoms with Gasteiger partial charge in [0.05, 0.1) is 24.4 Å². The first-order chi connectivity index (χ1) is 22.6. The molecule has 2 aliphatic heterocycles. The predicted octanol–water partition coefficient (Wildman–Crippen LogP) is 4.14. The number of carbonyl (C=O) groups is 5. The van der Waals surface area contributed by atoms with E-state index >= 15 is 0 Å². The molecule has 3 aromatic carbocycles. The third-order valence-electron chi connectivity index (χ3n) is 8.09. The third kappa shape index (κ3) is 7.93. The first-order valence-electron chi connectivity index (χ1n) is 15.4. The van der Waals surface area contributed by atoms with Crippen LogP contribution in [0.1, 0.15) is 49.9 Å². The molecule has 3 aromatic rings. The van der Waals surface area contributed by atoms with Crippen LogP contribution in [0.25, 0.3) is 6.08 Å². The van der Waals surface area contributed by atoms with E-state index in [0.717, 1.165) is 11.1 Å². The topological polar surface area (TPSA) is 140 Å². The maximum Gasteiger partial charge on any atom is 0.264 e.